The van der Waals surface area contributed by atoms with Gasteiger partial charge in [0, 0.05) is 30.3 Å². The summed E-state index contributed by atoms with van der Waals surface area (Å²) in [6.07, 6.45) is 3.77. The number of carbonyl (C=O) groups is 2. The molecular weight excluding hydrogens is 474 g/mol. The van der Waals surface area contributed by atoms with Crippen molar-refractivity contribution in [1.82, 2.24) is 9.80 Å². The van der Waals surface area contributed by atoms with Gasteiger partial charge in [0.2, 0.25) is 5.91 Å². The predicted octanol–water partition coefficient (Wildman–Crippen LogP) is 5.55. The van der Waals surface area contributed by atoms with E-state index in [-0.39, 0.29) is 24.6 Å². The molecule has 0 saturated carbocycles. The number of aryl methyl sites for hydroxylation is 1. The minimum atomic E-state index is -0.316. The first kappa shape index (κ1) is 25.9. The minimum absolute atomic E-state index is 0.0545. The van der Waals surface area contributed by atoms with Gasteiger partial charge in [-0.15, -0.1) is 11.8 Å². The Bertz CT molecular complexity index is 1130. The SMILES string of the molecule is CSc1ccc(NC(=O)N(CC(=O)N(Cc2ccccc2)Cc2ccc(C)o2)CC2CCCO2)cc1. The van der Waals surface area contributed by atoms with Crippen LogP contribution in [0.15, 0.2) is 76.0 Å². The summed E-state index contributed by atoms with van der Waals surface area (Å²) in [6.45, 7) is 3.62. The summed E-state index contributed by atoms with van der Waals surface area (Å²) in [5.41, 5.74) is 1.70. The normalized spacial score (nSPS) is 15.0. The summed E-state index contributed by atoms with van der Waals surface area (Å²) in [5.74, 6) is 1.35. The van der Waals surface area contributed by atoms with Gasteiger partial charge in [-0.25, -0.2) is 4.79 Å². The van der Waals surface area contributed by atoms with Crippen LogP contribution in [0.25, 0.3) is 0 Å². The highest BCUT2D eigenvalue weighted by atomic mass is 32.2. The second-order valence-electron chi connectivity index (χ2n) is 8.92. The maximum Gasteiger partial charge on any atom is 0.322 e. The van der Waals surface area contributed by atoms with Crippen molar-refractivity contribution in [3.8, 4) is 0 Å². The van der Waals surface area contributed by atoms with Gasteiger partial charge in [0.1, 0.15) is 18.1 Å². The van der Waals surface area contributed by atoms with Gasteiger partial charge in [0.05, 0.1) is 12.6 Å². The number of hydrogen-bond acceptors (Lipinski definition) is 5. The van der Waals surface area contributed by atoms with Gasteiger partial charge in [-0.1, -0.05) is 30.3 Å². The maximum absolute atomic E-state index is 13.6. The monoisotopic (exact) mass is 507 g/mol. The number of nitrogens with zero attached hydrogens (tertiary/aromatic N) is 2. The molecule has 7 nitrogen and oxygen atoms in total. The fraction of sp³-hybridized carbons (Fsp3) is 0.357. The van der Waals surface area contributed by atoms with Gasteiger partial charge in [0.25, 0.3) is 0 Å². The van der Waals surface area contributed by atoms with E-state index >= 15 is 0 Å². The van der Waals surface area contributed by atoms with Gasteiger partial charge in [-0.05, 0) is 68.0 Å². The van der Waals surface area contributed by atoms with E-state index in [4.69, 9.17) is 9.15 Å². The Balaban J connectivity index is 1.50. The molecule has 1 aliphatic heterocycles. The molecule has 1 saturated heterocycles. The average molecular weight is 508 g/mol. The second-order valence-corrected chi connectivity index (χ2v) is 9.80. The lowest BCUT2D eigenvalue weighted by Crippen LogP contribution is -2.46. The number of urea groups is 1. The zero-order valence-corrected chi connectivity index (χ0v) is 21.6. The van der Waals surface area contributed by atoms with Crippen molar-refractivity contribution in [3.63, 3.8) is 0 Å². The van der Waals surface area contributed by atoms with Crippen molar-refractivity contribution >= 4 is 29.4 Å². The first-order chi connectivity index (χ1) is 17.5. The molecule has 2 aromatic carbocycles. The van der Waals surface area contributed by atoms with Crippen molar-refractivity contribution in [3.05, 3.63) is 83.8 Å². The number of ether oxygens (including phenoxy) is 1. The number of rotatable bonds is 10. The Labute approximate surface area is 216 Å². The number of nitrogens with one attached hydrogen (secondary N) is 1. The number of thioether (sulfide) groups is 1. The summed E-state index contributed by atoms with van der Waals surface area (Å²) in [6, 6.07) is 21.0. The van der Waals surface area contributed by atoms with Crippen LogP contribution >= 0.6 is 11.8 Å². The molecule has 0 radical (unpaired) electrons. The number of anilines is 1. The number of carbonyl (C=O) groups excluding carboxylic acids is 2. The third kappa shape index (κ3) is 7.38. The van der Waals surface area contributed by atoms with Gasteiger partial charge < -0.3 is 24.3 Å². The lowest BCUT2D eigenvalue weighted by Gasteiger charge is -2.29. The molecule has 0 bridgehead atoms. The van der Waals surface area contributed by atoms with Crippen LogP contribution in [0.5, 0.6) is 0 Å². The zero-order valence-electron chi connectivity index (χ0n) is 20.8. The number of amides is 3. The largest absolute Gasteiger partial charge is 0.464 e. The van der Waals surface area contributed by atoms with E-state index in [1.165, 1.54) is 0 Å². The molecule has 190 valence electrons. The first-order valence-corrected chi connectivity index (χ1v) is 13.4. The van der Waals surface area contributed by atoms with Crippen LogP contribution < -0.4 is 5.32 Å². The molecule has 0 spiro atoms. The maximum atomic E-state index is 13.6. The van der Waals surface area contributed by atoms with E-state index < -0.39 is 0 Å². The summed E-state index contributed by atoms with van der Waals surface area (Å²) >= 11 is 1.64. The molecule has 0 aliphatic carbocycles. The molecule has 1 fully saturated rings. The Morgan fingerprint density at radius 3 is 2.42 bits per heavy atom. The fourth-order valence-electron chi connectivity index (χ4n) is 4.19. The number of benzene rings is 2. The van der Waals surface area contributed by atoms with E-state index in [1.54, 1.807) is 21.6 Å². The Morgan fingerprint density at radius 2 is 1.78 bits per heavy atom. The van der Waals surface area contributed by atoms with Crippen molar-refractivity contribution in [1.29, 1.82) is 0 Å². The van der Waals surface area contributed by atoms with Crippen LogP contribution in [0.1, 0.15) is 29.9 Å². The Hall–Kier alpha value is -3.23. The highest BCUT2D eigenvalue weighted by molar-refractivity contribution is 7.98. The summed E-state index contributed by atoms with van der Waals surface area (Å²) in [4.78, 5) is 31.3. The molecule has 2 heterocycles. The Kier molecular flexibility index (Phi) is 9.08. The lowest BCUT2D eigenvalue weighted by molar-refractivity contribution is -0.133. The molecule has 1 aliphatic rings. The molecule has 8 heteroatoms. The highest BCUT2D eigenvalue weighted by Gasteiger charge is 2.27. The van der Waals surface area contributed by atoms with Gasteiger partial charge >= 0.3 is 6.03 Å². The molecule has 3 amide bonds. The van der Waals surface area contributed by atoms with Crippen molar-refractivity contribution in [2.45, 2.75) is 43.9 Å². The fourth-order valence-corrected chi connectivity index (χ4v) is 4.60. The van der Waals surface area contributed by atoms with E-state index in [0.717, 1.165) is 29.1 Å². The molecule has 3 aromatic rings. The minimum Gasteiger partial charge on any atom is -0.464 e. The molecule has 4 rings (SSSR count). The molecule has 1 aromatic heterocycles. The first-order valence-electron chi connectivity index (χ1n) is 12.2. The highest BCUT2D eigenvalue weighted by Crippen LogP contribution is 2.20. The van der Waals surface area contributed by atoms with E-state index in [0.29, 0.717) is 37.7 Å². The zero-order chi connectivity index (χ0) is 25.3. The third-order valence-corrected chi connectivity index (χ3v) is 6.86. The molecule has 1 unspecified atom stereocenters. The molecule has 1 atom stereocenters. The summed E-state index contributed by atoms with van der Waals surface area (Å²) < 4.78 is 11.5. The van der Waals surface area contributed by atoms with Gasteiger partial charge in [-0.2, -0.15) is 0 Å². The summed E-state index contributed by atoms with van der Waals surface area (Å²) in [7, 11) is 0. The topological polar surface area (TPSA) is 75.0 Å². The number of furan rings is 1. The van der Waals surface area contributed by atoms with Crippen molar-refractivity contribution < 1.29 is 18.7 Å². The van der Waals surface area contributed by atoms with Gasteiger partial charge in [-0.3, -0.25) is 4.79 Å². The van der Waals surface area contributed by atoms with E-state index in [2.05, 4.69) is 5.32 Å². The quantitative estimate of drug-likeness (QED) is 0.364. The Morgan fingerprint density at radius 1 is 1.00 bits per heavy atom. The smallest absolute Gasteiger partial charge is 0.322 e. The average Bonchev–Trinajstić information content (AvgIpc) is 3.55. The van der Waals surface area contributed by atoms with Crippen molar-refractivity contribution in [2.24, 2.45) is 0 Å². The third-order valence-electron chi connectivity index (χ3n) is 6.11. The van der Waals surface area contributed by atoms with Crippen LogP contribution in [0.4, 0.5) is 10.5 Å². The van der Waals surface area contributed by atoms with Crippen LogP contribution in [0.3, 0.4) is 0 Å². The van der Waals surface area contributed by atoms with Crippen LogP contribution in [0, 0.1) is 6.92 Å². The van der Waals surface area contributed by atoms with E-state index in [9.17, 15) is 9.59 Å². The standard InChI is InChI=1S/C28H33N3O4S/c1-21-10-13-25(35-21)19-30(17-22-7-4-3-5-8-22)27(32)20-31(18-24-9-6-16-34-24)28(33)29-23-11-14-26(36-2)15-12-23/h3-5,7-8,10-15,24H,6,9,16-20H2,1-2H3,(H,29,33). The van der Waals surface area contributed by atoms with Crippen molar-refractivity contribution in [2.75, 3.05) is 31.3 Å². The molecular formula is C28H33N3O4S. The predicted molar refractivity (Wildman–Crippen MR) is 142 cm³/mol. The lowest BCUT2D eigenvalue weighted by atomic mass is 10.2. The van der Waals surface area contributed by atoms with Gasteiger partial charge in [0.15, 0.2) is 0 Å². The second kappa shape index (κ2) is 12.6. The molecule has 36 heavy (non-hydrogen) atoms. The van der Waals surface area contributed by atoms with Crippen LogP contribution in [-0.2, 0) is 22.6 Å². The summed E-state index contributed by atoms with van der Waals surface area (Å²) in [5, 5.41) is 2.95. The van der Waals surface area contributed by atoms with E-state index in [1.807, 2.05) is 79.9 Å². The molecule has 1 N–H and O–H groups in total. The van der Waals surface area contributed by atoms with Crippen LogP contribution in [-0.4, -0.2) is 53.8 Å². The van der Waals surface area contributed by atoms with Crippen LogP contribution in [0.2, 0.25) is 0 Å². The number of hydrogen-bond donors (Lipinski definition) is 1.